The first kappa shape index (κ1) is 14.7. The SMILES string of the molecule is Cc1ccsc1C(=O)NC1CCN(C(=O)c2ccccn2)C1. The van der Waals surface area contributed by atoms with E-state index in [1.165, 1.54) is 11.3 Å². The molecule has 2 aromatic rings. The van der Waals surface area contributed by atoms with Gasteiger partial charge in [-0.15, -0.1) is 11.3 Å². The number of pyridine rings is 1. The molecule has 114 valence electrons. The molecule has 1 aliphatic rings. The van der Waals surface area contributed by atoms with Gasteiger partial charge < -0.3 is 10.2 Å². The number of aromatic nitrogens is 1. The van der Waals surface area contributed by atoms with E-state index in [1.54, 1.807) is 29.3 Å². The molecule has 5 nitrogen and oxygen atoms in total. The van der Waals surface area contributed by atoms with E-state index in [2.05, 4.69) is 10.3 Å². The number of likely N-dealkylation sites (tertiary alicyclic amines) is 1. The van der Waals surface area contributed by atoms with Gasteiger partial charge in [0.05, 0.1) is 4.88 Å². The van der Waals surface area contributed by atoms with Gasteiger partial charge in [0.1, 0.15) is 5.69 Å². The standard InChI is InChI=1S/C16H17N3O2S/c1-11-6-9-22-14(11)15(20)18-12-5-8-19(10-12)16(21)13-4-2-3-7-17-13/h2-4,6-7,9,12H,5,8,10H2,1H3,(H,18,20). The van der Waals surface area contributed by atoms with E-state index in [0.29, 0.717) is 18.8 Å². The van der Waals surface area contributed by atoms with Crippen molar-refractivity contribution in [3.63, 3.8) is 0 Å². The second-order valence-electron chi connectivity index (χ2n) is 5.36. The monoisotopic (exact) mass is 315 g/mol. The molecule has 0 bridgehead atoms. The van der Waals surface area contributed by atoms with Crippen LogP contribution in [0.25, 0.3) is 0 Å². The van der Waals surface area contributed by atoms with Crippen molar-refractivity contribution in [1.82, 2.24) is 15.2 Å². The Morgan fingerprint density at radius 2 is 2.23 bits per heavy atom. The Morgan fingerprint density at radius 3 is 2.91 bits per heavy atom. The van der Waals surface area contributed by atoms with Gasteiger partial charge in [0.2, 0.25) is 0 Å². The van der Waals surface area contributed by atoms with Crippen molar-refractivity contribution in [3.05, 3.63) is 52.0 Å². The average Bonchev–Trinajstić information content (AvgIpc) is 3.16. The smallest absolute Gasteiger partial charge is 0.272 e. The third-order valence-corrected chi connectivity index (χ3v) is 4.78. The molecule has 2 aromatic heterocycles. The Morgan fingerprint density at radius 1 is 1.36 bits per heavy atom. The summed E-state index contributed by atoms with van der Waals surface area (Å²) in [6, 6.07) is 7.23. The lowest BCUT2D eigenvalue weighted by Gasteiger charge is -2.16. The van der Waals surface area contributed by atoms with Crippen molar-refractivity contribution in [2.75, 3.05) is 13.1 Å². The van der Waals surface area contributed by atoms with Crippen molar-refractivity contribution >= 4 is 23.2 Å². The van der Waals surface area contributed by atoms with Crippen LogP contribution in [0.2, 0.25) is 0 Å². The van der Waals surface area contributed by atoms with Crippen molar-refractivity contribution in [3.8, 4) is 0 Å². The molecule has 0 aliphatic carbocycles. The predicted octanol–water partition coefficient (Wildman–Crippen LogP) is 2.10. The van der Waals surface area contributed by atoms with Gasteiger partial charge in [-0.3, -0.25) is 14.6 Å². The van der Waals surface area contributed by atoms with Crippen LogP contribution in [0, 0.1) is 6.92 Å². The Kier molecular flexibility index (Phi) is 4.20. The van der Waals surface area contributed by atoms with Crippen LogP contribution in [0.4, 0.5) is 0 Å². The zero-order valence-corrected chi connectivity index (χ0v) is 13.1. The molecule has 0 radical (unpaired) electrons. The Balaban J connectivity index is 1.60. The van der Waals surface area contributed by atoms with E-state index in [9.17, 15) is 9.59 Å². The van der Waals surface area contributed by atoms with Crippen LogP contribution in [0.5, 0.6) is 0 Å². The number of carbonyl (C=O) groups is 2. The van der Waals surface area contributed by atoms with Gasteiger partial charge in [0.25, 0.3) is 11.8 Å². The van der Waals surface area contributed by atoms with E-state index in [4.69, 9.17) is 0 Å². The molecule has 1 saturated heterocycles. The molecule has 2 amide bonds. The molecular formula is C16H17N3O2S. The Bertz CT molecular complexity index is 684. The van der Waals surface area contributed by atoms with E-state index in [1.807, 2.05) is 18.4 Å². The van der Waals surface area contributed by atoms with Crippen molar-refractivity contribution in [2.24, 2.45) is 0 Å². The van der Waals surface area contributed by atoms with Crippen LogP contribution in [0.15, 0.2) is 35.8 Å². The largest absolute Gasteiger partial charge is 0.347 e. The van der Waals surface area contributed by atoms with E-state index in [0.717, 1.165) is 16.9 Å². The minimum atomic E-state index is -0.0790. The minimum absolute atomic E-state index is 0.00154. The van der Waals surface area contributed by atoms with Gasteiger partial charge in [-0.05, 0) is 42.5 Å². The third-order valence-electron chi connectivity index (χ3n) is 3.76. The molecule has 0 saturated carbocycles. The van der Waals surface area contributed by atoms with Gasteiger partial charge in [-0.25, -0.2) is 0 Å². The maximum atomic E-state index is 12.3. The topological polar surface area (TPSA) is 62.3 Å². The number of nitrogens with zero attached hydrogens (tertiary/aromatic N) is 2. The molecule has 6 heteroatoms. The number of thiophene rings is 1. The number of rotatable bonds is 3. The molecule has 3 heterocycles. The highest BCUT2D eigenvalue weighted by Gasteiger charge is 2.29. The van der Waals surface area contributed by atoms with Gasteiger partial charge in [-0.1, -0.05) is 6.07 Å². The van der Waals surface area contributed by atoms with E-state index < -0.39 is 0 Å². The molecule has 1 aliphatic heterocycles. The summed E-state index contributed by atoms with van der Waals surface area (Å²) in [5.74, 6) is -0.130. The van der Waals surface area contributed by atoms with Crippen LogP contribution >= 0.6 is 11.3 Å². The highest BCUT2D eigenvalue weighted by Crippen LogP contribution is 2.17. The summed E-state index contributed by atoms with van der Waals surface area (Å²) in [5.41, 5.74) is 1.44. The van der Waals surface area contributed by atoms with Crippen LogP contribution in [0.1, 0.15) is 32.1 Å². The predicted molar refractivity (Wildman–Crippen MR) is 85.1 cm³/mol. The van der Waals surface area contributed by atoms with Gasteiger partial charge in [-0.2, -0.15) is 0 Å². The molecule has 22 heavy (non-hydrogen) atoms. The molecule has 1 unspecified atom stereocenters. The number of nitrogens with one attached hydrogen (secondary N) is 1. The first-order valence-electron chi connectivity index (χ1n) is 7.20. The average molecular weight is 315 g/mol. The lowest BCUT2D eigenvalue weighted by Crippen LogP contribution is -2.38. The summed E-state index contributed by atoms with van der Waals surface area (Å²) in [6.45, 7) is 3.10. The molecule has 3 rings (SSSR count). The molecule has 1 fully saturated rings. The van der Waals surface area contributed by atoms with Crippen molar-refractivity contribution < 1.29 is 9.59 Å². The maximum Gasteiger partial charge on any atom is 0.272 e. The number of hydrogen-bond acceptors (Lipinski definition) is 4. The second kappa shape index (κ2) is 6.27. The Labute approximate surface area is 133 Å². The van der Waals surface area contributed by atoms with Gasteiger partial charge >= 0.3 is 0 Å². The van der Waals surface area contributed by atoms with Crippen LogP contribution in [0.3, 0.4) is 0 Å². The van der Waals surface area contributed by atoms with Crippen LogP contribution in [-0.2, 0) is 0 Å². The first-order valence-corrected chi connectivity index (χ1v) is 8.08. The fraction of sp³-hybridized carbons (Fsp3) is 0.312. The highest BCUT2D eigenvalue weighted by molar-refractivity contribution is 7.12. The van der Waals surface area contributed by atoms with E-state index >= 15 is 0 Å². The fourth-order valence-electron chi connectivity index (χ4n) is 2.57. The maximum absolute atomic E-state index is 12.3. The number of amides is 2. The zero-order valence-electron chi connectivity index (χ0n) is 12.3. The first-order chi connectivity index (χ1) is 10.6. The normalized spacial score (nSPS) is 17.5. The van der Waals surface area contributed by atoms with E-state index in [-0.39, 0.29) is 17.9 Å². The van der Waals surface area contributed by atoms with Crippen molar-refractivity contribution in [2.45, 2.75) is 19.4 Å². The highest BCUT2D eigenvalue weighted by atomic mass is 32.1. The van der Waals surface area contributed by atoms with Crippen molar-refractivity contribution in [1.29, 1.82) is 0 Å². The van der Waals surface area contributed by atoms with Gasteiger partial charge in [0, 0.05) is 25.3 Å². The molecule has 0 spiro atoms. The fourth-order valence-corrected chi connectivity index (χ4v) is 3.40. The van der Waals surface area contributed by atoms with Crippen LogP contribution in [-0.4, -0.2) is 40.8 Å². The summed E-state index contributed by atoms with van der Waals surface area (Å²) in [6.07, 6.45) is 2.39. The van der Waals surface area contributed by atoms with Gasteiger partial charge in [0.15, 0.2) is 0 Å². The van der Waals surface area contributed by atoms with Crippen LogP contribution < -0.4 is 5.32 Å². The number of hydrogen-bond donors (Lipinski definition) is 1. The summed E-state index contributed by atoms with van der Waals surface area (Å²) >= 11 is 1.44. The molecule has 1 N–H and O–H groups in total. The number of carbonyl (C=O) groups excluding carboxylic acids is 2. The molecule has 1 atom stereocenters. The zero-order chi connectivity index (χ0) is 15.5. The number of aryl methyl sites for hydroxylation is 1. The molecular weight excluding hydrogens is 298 g/mol. The lowest BCUT2D eigenvalue weighted by atomic mass is 10.2. The second-order valence-corrected chi connectivity index (χ2v) is 6.27. The minimum Gasteiger partial charge on any atom is -0.347 e. The summed E-state index contributed by atoms with van der Waals surface area (Å²) in [4.78, 5) is 31.1. The summed E-state index contributed by atoms with van der Waals surface area (Å²) in [7, 11) is 0. The quantitative estimate of drug-likeness (QED) is 0.943. The third kappa shape index (κ3) is 3.01. The lowest BCUT2D eigenvalue weighted by molar-refractivity contribution is 0.0778. The summed E-state index contributed by atoms with van der Waals surface area (Å²) in [5, 5.41) is 4.93. The molecule has 0 aromatic carbocycles. The Hall–Kier alpha value is -2.21. The summed E-state index contributed by atoms with van der Waals surface area (Å²) < 4.78 is 0.